The number of nitrogens with zero attached hydrogens (tertiary/aromatic N) is 6. The van der Waals surface area contributed by atoms with Gasteiger partial charge in [-0.1, -0.05) is 12.1 Å². The van der Waals surface area contributed by atoms with Gasteiger partial charge in [0, 0.05) is 94.5 Å². The Labute approximate surface area is 247 Å². The number of amides is 2. The van der Waals surface area contributed by atoms with E-state index < -0.39 is 10.8 Å². The minimum absolute atomic E-state index is 0.00565. The first-order valence-electron chi connectivity index (χ1n) is 14.0. The fraction of sp³-hybridized carbons (Fsp3) is 0.258. The number of benzene rings is 2. The molecule has 0 atom stereocenters. The molecule has 0 spiro atoms. The van der Waals surface area contributed by atoms with Crippen LogP contribution < -0.4 is 15.1 Å². The summed E-state index contributed by atoms with van der Waals surface area (Å²) < 4.78 is 1.92. The smallest absolute Gasteiger partial charge is 0.282 e. The number of H-pyrrole nitrogens is 1. The number of carbonyl (C=O) groups excluding carboxylic acids is 2. The van der Waals surface area contributed by atoms with Crippen LogP contribution in [-0.4, -0.2) is 76.4 Å². The molecule has 2 aromatic carbocycles. The van der Waals surface area contributed by atoms with Gasteiger partial charge >= 0.3 is 0 Å². The van der Waals surface area contributed by atoms with Gasteiger partial charge in [0.15, 0.2) is 0 Å². The Morgan fingerprint density at radius 1 is 1.05 bits per heavy atom. The zero-order valence-corrected chi connectivity index (χ0v) is 24.2. The van der Waals surface area contributed by atoms with E-state index in [2.05, 4.69) is 15.3 Å². The summed E-state index contributed by atoms with van der Waals surface area (Å²) >= 11 is 0. The molecule has 1 fully saturated rings. The van der Waals surface area contributed by atoms with Gasteiger partial charge in [-0.3, -0.25) is 19.7 Å². The van der Waals surface area contributed by atoms with E-state index in [-0.39, 0.29) is 23.7 Å². The number of carbonyl (C=O) groups is 2. The minimum Gasteiger partial charge on any atom is -0.378 e. The number of piperazine rings is 1. The molecule has 4 heterocycles. The van der Waals surface area contributed by atoms with Crippen molar-refractivity contribution >= 4 is 50.8 Å². The highest BCUT2D eigenvalue weighted by molar-refractivity contribution is 6.07. The maximum Gasteiger partial charge on any atom is 0.282 e. The maximum absolute atomic E-state index is 13.5. The van der Waals surface area contributed by atoms with Crippen LogP contribution in [0.3, 0.4) is 0 Å². The van der Waals surface area contributed by atoms with E-state index in [1.165, 1.54) is 6.07 Å². The average Bonchev–Trinajstić information content (AvgIpc) is 3.63. The molecular weight excluding hydrogens is 548 g/mol. The van der Waals surface area contributed by atoms with E-state index in [0.29, 0.717) is 37.6 Å². The SMILES string of the molecule is CN(C)c1ccc(CNC(=O)c2cc(N3CCN(C(=O)c4cc5cnc6[nH]ccc6c5n4C)CC3)ccc2[N+](=O)[O-])cc1. The van der Waals surface area contributed by atoms with Gasteiger partial charge in [0.05, 0.1) is 10.4 Å². The molecule has 0 aliphatic carbocycles. The minimum atomic E-state index is -0.540. The molecule has 1 aliphatic rings. The van der Waals surface area contributed by atoms with Gasteiger partial charge in [0.1, 0.15) is 16.9 Å². The first-order chi connectivity index (χ1) is 20.7. The second kappa shape index (κ2) is 11.1. The lowest BCUT2D eigenvalue weighted by Gasteiger charge is -2.36. The Kier molecular flexibility index (Phi) is 7.18. The Morgan fingerprint density at radius 2 is 1.79 bits per heavy atom. The van der Waals surface area contributed by atoms with E-state index in [1.807, 2.05) is 83.0 Å². The Bertz CT molecular complexity index is 1850. The summed E-state index contributed by atoms with van der Waals surface area (Å²) in [5.74, 6) is -0.578. The van der Waals surface area contributed by atoms with Crippen molar-refractivity contribution in [2.24, 2.45) is 7.05 Å². The highest BCUT2D eigenvalue weighted by Gasteiger charge is 2.27. The third kappa shape index (κ3) is 5.23. The van der Waals surface area contributed by atoms with Gasteiger partial charge in [0.25, 0.3) is 17.5 Å². The molecule has 1 saturated heterocycles. The van der Waals surface area contributed by atoms with Crippen LogP contribution in [-0.2, 0) is 13.6 Å². The molecule has 0 bridgehead atoms. The van der Waals surface area contributed by atoms with Crippen LogP contribution in [0.15, 0.2) is 67.0 Å². The van der Waals surface area contributed by atoms with Crippen LogP contribution in [0.5, 0.6) is 0 Å². The van der Waals surface area contributed by atoms with Gasteiger partial charge in [-0.2, -0.15) is 0 Å². The molecule has 2 amide bonds. The van der Waals surface area contributed by atoms with Crippen molar-refractivity contribution in [1.29, 1.82) is 0 Å². The number of fused-ring (bicyclic) bond motifs is 3. The number of pyridine rings is 1. The number of anilines is 2. The lowest BCUT2D eigenvalue weighted by Crippen LogP contribution is -2.49. The molecule has 12 nitrogen and oxygen atoms in total. The lowest BCUT2D eigenvalue weighted by molar-refractivity contribution is -0.385. The highest BCUT2D eigenvalue weighted by atomic mass is 16.6. The number of rotatable bonds is 7. The number of aromatic amines is 1. The van der Waals surface area contributed by atoms with E-state index in [4.69, 9.17) is 0 Å². The van der Waals surface area contributed by atoms with Crippen LogP contribution in [0, 0.1) is 10.1 Å². The quantitative estimate of drug-likeness (QED) is 0.220. The van der Waals surface area contributed by atoms with Gasteiger partial charge < -0.3 is 29.6 Å². The molecule has 1 aliphatic heterocycles. The number of nitro benzene ring substituents is 1. The molecule has 2 N–H and O–H groups in total. The molecule has 0 radical (unpaired) electrons. The molecule has 6 rings (SSSR count). The Morgan fingerprint density at radius 3 is 2.49 bits per heavy atom. The summed E-state index contributed by atoms with van der Waals surface area (Å²) in [6.07, 6.45) is 3.61. The molecule has 220 valence electrons. The summed E-state index contributed by atoms with van der Waals surface area (Å²) in [5, 5.41) is 16.4. The van der Waals surface area contributed by atoms with Gasteiger partial charge in [-0.05, 0) is 42.0 Å². The van der Waals surface area contributed by atoms with E-state index in [0.717, 1.165) is 33.2 Å². The fourth-order valence-electron chi connectivity index (χ4n) is 5.64. The fourth-order valence-corrected chi connectivity index (χ4v) is 5.64. The largest absolute Gasteiger partial charge is 0.378 e. The topological polar surface area (TPSA) is 133 Å². The van der Waals surface area contributed by atoms with Crippen molar-refractivity contribution in [3.63, 3.8) is 0 Å². The third-order valence-electron chi connectivity index (χ3n) is 8.05. The van der Waals surface area contributed by atoms with Crippen LogP contribution >= 0.6 is 0 Å². The van der Waals surface area contributed by atoms with Crippen LogP contribution in [0.1, 0.15) is 26.4 Å². The van der Waals surface area contributed by atoms with Crippen molar-refractivity contribution in [1.82, 2.24) is 24.8 Å². The second-order valence-electron chi connectivity index (χ2n) is 10.9. The predicted octanol–water partition coefficient (Wildman–Crippen LogP) is 3.92. The standard InChI is InChI=1S/C31H32N8O4/c1-35(2)22-6-4-20(5-7-22)18-34-30(40)25-17-23(8-9-26(25)39(42)43)37-12-14-38(15-13-37)31(41)27-16-21-19-33-29-24(10-11-32-29)28(21)36(27)3/h4-11,16-17,19H,12-15,18H2,1-3H3,(H,32,33)(H,34,40). The first-order valence-corrected chi connectivity index (χ1v) is 14.0. The predicted molar refractivity (Wildman–Crippen MR) is 166 cm³/mol. The summed E-state index contributed by atoms with van der Waals surface area (Å²) in [6, 6.07) is 16.2. The lowest BCUT2D eigenvalue weighted by atomic mass is 10.1. The van der Waals surface area contributed by atoms with Crippen LogP contribution in [0.2, 0.25) is 0 Å². The maximum atomic E-state index is 13.5. The zero-order valence-electron chi connectivity index (χ0n) is 24.2. The van der Waals surface area contributed by atoms with Crippen molar-refractivity contribution in [3.8, 4) is 0 Å². The summed E-state index contributed by atoms with van der Waals surface area (Å²) in [7, 11) is 5.79. The van der Waals surface area contributed by atoms with E-state index in [9.17, 15) is 19.7 Å². The van der Waals surface area contributed by atoms with E-state index >= 15 is 0 Å². The molecule has 3 aromatic heterocycles. The third-order valence-corrected chi connectivity index (χ3v) is 8.05. The molecular formula is C31H32N8O4. The number of nitrogens with one attached hydrogen (secondary N) is 2. The molecule has 12 heteroatoms. The van der Waals surface area contributed by atoms with Gasteiger partial charge in [-0.15, -0.1) is 0 Å². The summed E-state index contributed by atoms with van der Waals surface area (Å²) in [4.78, 5) is 51.2. The van der Waals surface area contributed by atoms with Crippen molar-refractivity contribution in [2.75, 3.05) is 50.1 Å². The van der Waals surface area contributed by atoms with Gasteiger partial charge in [-0.25, -0.2) is 4.98 Å². The monoisotopic (exact) mass is 580 g/mol. The molecule has 0 saturated carbocycles. The normalized spacial score (nSPS) is 13.5. The van der Waals surface area contributed by atoms with Crippen molar-refractivity contribution in [2.45, 2.75) is 6.54 Å². The zero-order chi connectivity index (χ0) is 30.2. The van der Waals surface area contributed by atoms with Crippen molar-refractivity contribution < 1.29 is 14.5 Å². The van der Waals surface area contributed by atoms with E-state index in [1.54, 1.807) is 18.3 Å². The first kappa shape index (κ1) is 27.8. The Hall–Kier alpha value is -5.39. The summed E-state index contributed by atoms with van der Waals surface area (Å²) in [6.45, 7) is 2.24. The number of nitro groups is 1. The average molecular weight is 581 g/mol. The second-order valence-corrected chi connectivity index (χ2v) is 10.9. The highest BCUT2D eigenvalue weighted by Crippen LogP contribution is 2.28. The number of hydrogen-bond donors (Lipinski definition) is 2. The summed E-state index contributed by atoms with van der Waals surface area (Å²) in [5.41, 5.74) is 4.69. The number of hydrogen-bond acceptors (Lipinski definition) is 7. The molecule has 0 unspecified atom stereocenters. The van der Waals surface area contributed by atoms with Crippen molar-refractivity contribution in [3.05, 3.63) is 93.9 Å². The van der Waals surface area contributed by atoms with Crippen LogP contribution in [0.25, 0.3) is 21.9 Å². The van der Waals surface area contributed by atoms with Crippen LogP contribution in [0.4, 0.5) is 17.1 Å². The molecule has 43 heavy (non-hydrogen) atoms. The number of aryl methyl sites for hydroxylation is 1. The molecule has 5 aromatic rings. The number of aromatic nitrogens is 3. The Balaban J connectivity index is 1.15. The van der Waals surface area contributed by atoms with Gasteiger partial charge in [0.2, 0.25) is 0 Å².